The van der Waals surface area contributed by atoms with E-state index >= 15 is 4.39 Å². The van der Waals surface area contributed by atoms with Gasteiger partial charge in [-0.25, -0.2) is 23.1 Å². The molecule has 1 fully saturated rings. The number of anilines is 1. The molecular formula is C11H19FN5O14P3. The Hall–Kier alpha value is -1.34. The number of halogens is 1. The van der Waals surface area contributed by atoms with E-state index in [0.29, 0.717) is 0 Å². The van der Waals surface area contributed by atoms with Crippen molar-refractivity contribution in [3.8, 4) is 0 Å². The number of nitrogens with one attached hydrogen (secondary N) is 2. The van der Waals surface area contributed by atoms with Crippen LogP contribution in [-0.4, -0.2) is 75.7 Å². The van der Waals surface area contributed by atoms with Crippen molar-refractivity contribution in [2.24, 2.45) is 5.73 Å². The minimum atomic E-state index is -5.88. The zero-order valence-corrected chi connectivity index (χ0v) is 19.3. The van der Waals surface area contributed by atoms with Crippen LogP contribution in [0.3, 0.4) is 0 Å². The Kier molecular flexibility index (Phi) is 6.93. The summed E-state index contributed by atoms with van der Waals surface area (Å²) in [6, 6.07) is 0. The minimum Gasteiger partial charge on any atom is -0.384 e. The molecule has 23 heteroatoms. The fraction of sp³-hybridized carbons (Fsp3) is 0.636. The summed E-state index contributed by atoms with van der Waals surface area (Å²) < 4.78 is 66.3. The summed E-state index contributed by atoms with van der Waals surface area (Å²) in [5, 5.41) is 25.8. The van der Waals surface area contributed by atoms with Gasteiger partial charge < -0.3 is 45.2 Å². The molecule has 0 saturated carbocycles. The number of rotatable bonds is 8. The van der Waals surface area contributed by atoms with Crippen LogP contribution in [0.15, 0.2) is 6.33 Å². The summed E-state index contributed by atoms with van der Waals surface area (Å²) in [6.07, 6.45) is -4.50. The molecule has 3 heterocycles. The van der Waals surface area contributed by atoms with Gasteiger partial charge in [0, 0.05) is 0 Å². The molecule has 7 atom stereocenters. The number of carbonyl (C=O) groups is 1. The highest BCUT2D eigenvalue weighted by Gasteiger charge is 2.64. The van der Waals surface area contributed by atoms with E-state index in [1.165, 1.54) is 0 Å². The molecule has 3 unspecified atom stereocenters. The predicted molar refractivity (Wildman–Crippen MR) is 102 cm³/mol. The summed E-state index contributed by atoms with van der Waals surface area (Å²) in [5.41, 5.74) is 2.87. The highest BCUT2D eigenvalue weighted by Crippen LogP contribution is 2.66. The maximum Gasteiger partial charge on any atom is 0.490 e. The van der Waals surface area contributed by atoms with Gasteiger partial charge >= 0.3 is 23.5 Å². The lowest BCUT2D eigenvalue weighted by Gasteiger charge is -2.30. The topological polar surface area (TPSA) is 294 Å². The Balaban J connectivity index is 1.80. The average Bonchev–Trinajstić information content (AvgIpc) is 3.11. The van der Waals surface area contributed by atoms with Crippen LogP contribution in [0.2, 0.25) is 0 Å². The van der Waals surface area contributed by atoms with E-state index in [4.69, 9.17) is 25.2 Å². The molecule has 2 aliphatic heterocycles. The predicted octanol–water partition coefficient (Wildman–Crippen LogP) is -2.07. The maximum absolute atomic E-state index is 15.4. The number of phosphoric ester groups is 1. The van der Waals surface area contributed by atoms with Crippen molar-refractivity contribution in [1.29, 1.82) is 0 Å². The fourth-order valence-corrected chi connectivity index (χ4v) is 6.14. The van der Waals surface area contributed by atoms with Gasteiger partial charge in [-0.05, 0) is 6.92 Å². The Morgan fingerprint density at radius 3 is 2.44 bits per heavy atom. The first-order valence-corrected chi connectivity index (χ1v) is 13.2. The SMILES string of the molecule is C[C@]1(O)[C@H](n2cnc3c2NC(N)NC3=O)O[C@](F)(COP(=O)(O)OP(=O)(O)OP(=O)(O)O)[C@H]1O. The largest absolute Gasteiger partial charge is 0.490 e. The molecule has 194 valence electrons. The van der Waals surface area contributed by atoms with Crippen LogP contribution in [-0.2, 0) is 31.6 Å². The minimum absolute atomic E-state index is 0.133. The molecule has 10 N–H and O–H groups in total. The molecule has 0 aromatic carbocycles. The van der Waals surface area contributed by atoms with Gasteiger partial charge in [0.1, 0.15) is 24.1 Å². The lowest BCUT2D eigenvalue weighted by atomic mass is 9.95. The number of fused-ring (bicyclic) bond motifs is 1. The van der Waals surface area contributed by atoms with Crippen LogP contribution >= 0.6 is 23.5 Å². The van der Waals surface area contributed by atoms with E-state index in [1.807, 2.05) is 0 Å². The Morgan fingerprint density at radius 1 is 1.24 bits per heavy atom. The van der Waals surface area contributed by atoms with Crippen molar-refractivity contribution in [1.82, 2.24) is 14.9 Å². The van der Waals surface area contributed by atoms with Crippen LogP contribution < -0.4 is 16.4 Å². The van der Waals surface area contributed by atoms with Gasteiger partial charge in [-0.1, -0.05) is 0 Å². The third-order valence-electron chi connectivity index (χ3n) is 4.45. The van der Waals surface area contributed by atoms with Gasteiger partial charge in [-0.3, -0.25) is 19.6 Å². The zero-order valence-electron chi connectivity index (χ0n) is 16.7. The standard InChI is InChI=1S/C11H19FN5O14P3/c1-10(20)7(19)11(12,2-28-33(24,25)31-34(26,27)30-32(21,22)23)29-8(10)17-3-14-4-5(17)15-9(13)16-6(4)18/h3,7-9,15,19-20H,2,13H2,1H3,(H,16,18)(H,24,25)(H,26,27)(H2,21,22,23)/t7-,8+,9?,10+,11+/m0/s1. The van der Waals surface area contributed by atoms with Crippen molar-refractivity contribution >= 4 is 35.2 Å². The number of amides is 1. The quantitative estimate of drug-likeness (QED) is 0.155. The van der Waals surface area contributed by atoms with Crippen LogP contribution in [0.4, 0.5) is 10.2 Å². The lowest BCUT2D eigenvalue weighted by Crippen LogP contribution is -2.52. The van der Waals surface area contributed by atoms with Crippen molar-refractivity contribution in [2.45, 2.75) is 37.0 Å². The molecule has 1 aromatic heterocycles. The molecule has 19 nitrogen and oxygen atoms in total. The molecule has 34 heavy (non-hydrogen) atoms. The van der Waals surface area contributed by atoms with E-state index in [1.54, 1.807) is 0 Å². The summed E-state index contributed by atoms with van der Waals surface area (Å²) in [4.78, 5) is 51.4. The molecule has 1 aromatic rings. The first-order chi connectivity index (χ1) is 15.3. The number of phosphoric acid groups is 3. The molecular weight excluding hydrogens is 538 g/mol. The molecule has 2 aliphatic rings. The number of hydrogen-bond acceptors (Lipinski definition) is 13. The highest BCUT2D eigenvalue weighted by atomic mass is 31.3. The second kappa shape index (κ2) is 8.65. The van der Waals surface area contributed by atoms with Gasteiger partial charge in [0.05, 0.1) is 6.33 Å². The van der Waals surface area contributed by atoms with E-state index in [-0.39, 0.29) is 11.5 Å². The lowest BCUT2D eigenvalue weighted by molar-refractivity contribution is -0.204. The number of imidazole rings is 1. The van der Waals surface area contributed by atoms with Crippen LogP contribution in [0, 0.1) is 0 Å². The van der Waals surface area contributed by atoms with Crippen LogP contribution in [0.25, 0.3) is 0 Å². The molecule has 0 radical (unpaired) electrons. The van der Waals surface area contributed by atoms with E-state index in [2.05, 4.69) is 28.8 Å². The third kappa shape index (κ3) is 5.56. The molecule has 0 aliphatic carbocycles. The number of carbonyl (C=O) groups excluding carboxylic acids is 1. The average molecular weight is 557 g/mol. The number of aliphatic hydroxyl groups is 2. The Labute approximate surface area is 188 Å². The molecule has 0 bridgehead atoms. The van der Waals surface area contributed by atoms with Gasteiger partial charge in [0.15, 0.2) is 18.2 Å². The Morgan fingerprint density at radius 2 is 1.85 bits per heavy atom. The second-order valence-corrected chi connectivity index (χ2v) is 11.6. The van der Waals surface area contributed by atoms with Gasteiger partial charge in [-0.2, -0.15) is 8.62 Å². The second-order valence-electron chi connectivity index (χ2n) is 7.19. The van der Waals surface area contributed by atoms with Crippen molar-refractivity contribution < 1.29 is 70.5 Å². The van der Waals surface area contributed by atoms with Crippen molar-refractivity contribution in [3.05, 3.63) is 12.0 Å². The number of aliphatic hydroxyl groups excluding tert-OH is 1. The molecule has 1 amide bonds. The smallest absolute Gasteiger partial charge is 0.384 e. The number of hydrogen-bond donors (Lipinski definition) is 9. The number of nitrogens with zero attached hydrogens (tertiary/aromatic N) is 2. The number of alkyl halides is 1. The number of nitrogens with two attached hydrogens (primary N) is 1. The van der Waals surface area contributed by atoms with E-state index in [0.717, 1.165) is 17.8 Å². The summed E-state index contributed by atoms with van der Waals surface area (Å²) in [7, 11) is -17.3. The van der Waals surface area contributed by atoms with Crippen LogP contribution in [0.5, 0.6) is 0 Å². The zero-order chi connectivity index (χ0) is 25.9. The third-order valence-corrected chi connectivity index (χ3v) is 8.23. The van der Waals surface area contributed by atoms with Gasteiger partial charge in [0.25, 0.3) is 11.8 Å². The van der Waals surface area contributed by atoms with Crippen molar-refractivity contribution in [2.75, 3.05) is 11.9 Å². The first kappa shape index (κ1) is 27.3. The van der Waals surface area contributed by atoms with Crippen LogP contribution in [0.1, 0.15) is 23.6 Å². The molecule has 3 rings (SSSR count). The fourth-order valence-electron chi connectivity index (χ4n) is 3.11. The van der Waals surface area contributed by atoms with E-state index in [9.17, 15) is 33.6 Å². The summed E-state index contributed by atoms with van der Waals surface area (Å²) in [6.45, 7) is -0.807. The maximum atomic E-state index is 15.4. The summed E-state index contributed by atoms with van der Waals surface area (Å²) >= 11 is 0. The van der Waals surface area contributed by atoms with Crippen molar-refractivity contribution in [3.63, 3.8) is 0 Å². The molecule has 0 spiro atoms. The Bertz CT molecular complexity index is 1120. The monoisotopic (exact) mass is 557 g/mol. The normalized spacial score (nSPS) is 35.1. The van der Waals surface area contributed by atoms with Gasteiger partial charge in [0.2, 0.25) is 0 Å². The number of ether oxygens (including phenoxy) is 1. The molecule has 1 saturated heterocycles. The highest BCUT2D eigenvalue weighted by molar-refractivity contribution is 7.66. The van der Waals surface area contributed by atoms with Gasteiger partial charge in [-0.15, -0.1) is 0 Å². The summed E-state index contributed by atoms with van der Waals surface area (Å²) in [5.74, 6) is -4.33. The first-order valence-electron chi connectivity index (χ1n) is 8.72. The number of aromatic nitrogens is 2. The van der Waals surface area contributed by atoms with E-state index < -0.39 is 66.1 Å².